The number of carbonyl (C=O) groups excluding carboxylic acids is 3. The van der Waals surface area contributed by atoms with Gasteiger partial charge in [-0.05, 0) is 43.0 Å². The van der Waals surface area contributed by atoms with Gasteiger partial charge in [0.25, 0.3) is 5.91 Å². The number of ether oxygens (including phenoxy) is 3. The van der Waals surface area contributed by atoms with E-state index in [1.54, 1.807) is 32.1 Å². The van der Waals surface area contributed by atoms with Crippen LogP contribution in [0.2, 0.25) is 0 Å². The molecule has 2 heterocycles. The molecule has 212 valence electrons. The minimum absolute atomic E-state index is 0.0325. The molecule has 0 bridgehead atoms. The fourth-order valence-corrected chi connectivity index (χ4v) is 4.64. The predicted molar refractivity (Wildman–Crippen MR) is 149 cm³/mol. The summed E-state index contributed by atoms with van der Waals surface area (Å²) >= 11 is 0. The molecule has 9 nitrogen and oxygen atoms in total. The maximum atomic E-state index is 13.7. The highest BCUT2D eigenvalue weighted by Crippen LogP contribution is 2.29. The molecule has 2 aliphatic rings. The first kappa shape index (κ1) is 29.0. The van der Waals surface area contributed by atoms with Crippen molar-refractivity contribution in [1.82, 2.24) is 10.6 Å². The number of nitrogens with one attached hydrogen (secondary N) is 2. The molecule has 0 saturated carbocycles. The zero-order valence-corrected chi connectivity index (χ0v) is 22.9. The molecule has 2 aliphatic heterocycles. The number of aromatic hydroxyl groups is 1. The number of amides is 2. The van der Waals surface area contributed by atoms with E-state index in [2.05, 4.69) is 10.6 Å². The van der Waals surface area contributed by atoms with Crippen molar-refractivity contribution < 1.29 is 33.7 Å². The van der Waals surface area contributed by atoms with Gasteiger partial charge in [0.1, 0.15) is 24.5 Å². The normalized spacial score (nSPS) is 28.5. The zero-order chi connectivity index (χ0) is 28.7. The predicted octanol–water partition coefficient (Wildman–Crippen LogP) is 3.28. The van der Waals surface area contributed by atoms with Crippen molar-refractivity contribution in [2.24, 2.45) is 5.92 Å². The largest absolute Gasteiger partial charge is 0.508 e. The third-order valence-electron chi connectivity index (χ3n) is 6.75. The van der Waals surface area contributed by atoms with Crippen molar-refractivity contribution >= 4 is 23.9 Å². The lowest BCUT2D eigenvalue weighted by Gasteiger charge is -2.26. The lowest BCUT2D eigenvalue weighted by atomic mass is 9.98. The van der Waals surface area contributed by atoms with Crippen LogP contribution in [-0.4, -0.2) is 59.6 Å². The molecule has 1 saturated heterocycles. The van der Waals surface area contributed by atoms with Crippen molar-refractivity contribution in [3.8, 4) is 5.75 Å². The Hall–Kier alpha value is -3.95. The first-order valence-corrected chi connectivity index (χ1v) is 13.4. The van der Waals surface area contributed by atoms with Gasteiger partial charge in [-0.2, -0.15) is 0 Å². The second kappa shape index (κ2) is 12.9. The zero-order valence-electron chi connectivity index (χ0n) is 22.9. The molecule has 3 N–H and O–H groups in total. The fraction of sp³-hybridized carbons (Fsp3) is 0.387. The first-order chi connectivity index (χ1) is 19.1. The molecule has 2 aromatic carbocycles. The SMILES string of the molecule is C[C@@H]1/C=C/CC(=O)OC[C@H]2OC(C)(C)O[C@H]2C(=O)N[C@@H](Cc2ccc(O)cc2)C(=O)N[C@@H]1/C=C/c1ccccc1. The van der Waals surface area contributed by atoms with Crippen LogP contribution >= 0.6 is 0 Å². The topological polar surface area (TPSA) is 123 Å². The Morgan fingerprint density at radius 3 is 2.42 bits per heavy atom. The summed E-state index contributed by atoms with van der Waals surface area (Å²) in [4.78, 5) is 39.6. The van der Waals surface area contributed by atoms with Gasteiger partial charge in [0.2, 0.25) is 5.91 Å². The molecule has 5 atom stereocenters. The van der Waals surface area contributed by atoms with E-state index in [4.69, 9.17) is 14.2 Å². The molecule has 0 aromatic heterocycles. The molecule has 2 amide bonds. The summed E-state index contributed by atoms with van der Waals surface area (Å²) in [5.74, 6) is -2.57. The summed E-state index contributed by atoms with van der Waals surface area (Å²) in [5, 5.41) is 15.6. The Bertz CT molecular complexity index is 1240. The van der Waals surface area contributed by atoms with Crippen LogP contribution in [0.1, 0.15) is 38.3 Å². The van der Waals surface area contributed by atoms with Gasteiger partial charge in [0.05, 0.1) is 12.5 Å². The Labute approximate surface area is 234 Å². The van der Waals surface area contributed by atoms with Crippen molar-refractivity contribution in [3.05, 3.63) is 84.0 Å². The monoisotopic (exact) mass is 548 g/mol. The molecule has 0 aliphatic carbocycles. The highest BCUT2D eigenvalue weighted by atomic mass is 16.8. The van der Waals surface area contributed by atoms with Gasteiger partial charge in [-0.3, -0.25) is 14.4 Å². The van der Waals surface area contributed by atoms with E-state index in [9.17, 15) is 19.5 Å². The van der Waals surface area contributed by atoms with Crippen LogP contribution < -0.4 is 10.6 Å². The number of benzene rings is 2. The maximum absolute atomic E-state index is 13.7. The molecule has 40 heavy (non-hydrogen) atoms. The number of esters is 1. The van der Waals surface area contributed by atoms with E-state index in [1.807, 2.05) is 55.5 Å². The average molecular weight is 549 g/mol. The minimum atomic E-state index is -1.09. The molecule has 1 fully saturated rings. The molecule has 4 rings (SSSR count). The molecular weight excluding hydrogens is 512 g/mol. The van der Waals surface area contributed by atoms with E-state index < -0.39 is 42.0 Å². The van der Waals surface area contributed by atoms with E-state index in [1.165, 1.54) is 12.1 Å². The van der Waals surface area contributed by atoms with E-state index in [0.29, 0.717) is 0 Å². The molecular formula is C31H36N2O7. The molecule has 0 unspecified atom stereocenters. The Morgan fingerprint density at radius 1 is 0.975 bits per heavy atom. The van der Waals surface area contributed by atoms with Gasteiger partial charge in [0, 0.05) is 6.42 Å². The standard InChI is InChI=1S/C31H36N2O7/c1-20-8-7-11-27(35)38-19-26-28(40-31(2,3)39-26)30(37)33-25(18-22-12-15-23(34)16-13-22)29(36)32-24(20)17-14-21-9-5-4-6-10-21/h4-10,12-17,20,24-26,28,34H,11,18-19H2,1-3H3,(H,32,36)(H,33,37)/b8-7+,17-14+/t20-,24-,25+,26-,28-/m1/s1. The highest BCUT2D eigenvalue weighted by Gasteiger charge is 2.46. The number of carbonyl (C=O) groups is 3. The Kier molecular flexibility index (Phi) is 9.39. The second-order valence-corrected chi connectivity index (χ2v) is 10.5. The quantitative estimate of drug-likeness (QED) is 0.396. The van der Waals surface area contributed by atoms with Gasteiger partial charge in [-0.25, -0.2) is 0 Å². The number of fused-ring (bicyclic) bond motifs is 1. The number of phenols is 1. The average Bonchev–Trinajstić information content (AvgIpc) is 3.24. The molecule has 2 aromatic rings. The number of phenolic OH excluding ortho intramolecular Hbond substituents is 1. The smallest absolute Gasteiger partial charge is 0.309 e. The molecule has 0 radical (unpaired) electrons. The van der Waals surface area contributed by atoms with Crippen molar-refractivity contribution in [3.63, 3.8) is 0 Å². The maximum Gasteiger partial charge on any atom is 0.309 e. The van der Waals surface area contributed by atoms with E-state index in [0.717, 1.165) is 11.1 Å². The van der Waals surface area contributed by atoms with Crippen LogP contribution in [0.15, 0.2) is 72.8 Å². The van der Waals surface area contributed by atoms with Gasteiger partial charge < -0.3 is 30.0 Å². The van der Waals surface area contributed by atoms with Crippen LogP contribution in [0, 0.1) is 5.92 Å². The summed E-state index contributed by atoms with van der Waals surface area (Å²) in [5.41, 5.74) is 1.71. The van der Waals surface area contributed by atoms with Crippen LogP contribution in [0.4, 0.5) is 0 Å². The summed E-state index contributed by atoms with van der Waals surface area (Å²) < 4.78 is 17.1. The van der Waals surface area contributed by atoms with Crippen molar-refractivity contribution in [2.45, 2.75) is 63.7 Å². The third kappa shape index (κ3) is 8.03. The van der Waals surface area contributed by atoms with Crippen molar-refractivity contribution in [1.29, 1.82) is 0 Å². The summed E-state index contributed by atoms with van der Waals surface area (Å²) in [7, 11) is 0. The van der Waals surface area contributed by atoms with Crippen LogP contribution in [0.5, 0.6) is 5.75 Å². The fourth-order valence-electron chi connectivity index (χ4n) is 4.64. The van der Waals surface area contributed by atoms with Crippen LogP contribution in [0.25, 0.3) is 6.08 Å². The van der Waals surface area contributed by atoms with Crippen molar-refractivity contribution in [2.75, 3.05) is 6.61 Å². The number of cyclic esters (lactones) is 1. The molecule has 9 heteroatoms. The van der Waals surface area contributed by atoms with E-state index >= 15 is 0 Å². The second-order valence-electron chi connectivity index (χ2n) is 10.5. The summed E-state index contributed by atoms with van der Waals surface area (Å²) in [6.45, 7) is 5.10. The number of hydrogen-bond acceptors (Lipinski definition) is 7. The van der Waals surface area contributed by atoms with Crippen LogP contribution in [-0.2, 0) is 35.0 Å². The highest BCUT2D eigenvalue weighted by molar-refractivity contribution is 5.90. The third-order valence-corrected chi connectivity index (χ3v) is 6.75. The Morgan fingerprint density at radius 2 is 1.70 bits per heavy atom. The summed E-state index contributed by atoms with van der Waals surface area (Å²) in [6.07, 6.45) is 5.66. The van der Waals surface area contributed by atoms with Gasteiger partial charge >= 0.3 is 5.97 Å². The summed E-state index contributed by atoms with van der Waals surface area (Å²) in [6, 6.07) is 14.7. The molecule has 0 spiro atoms. The van der Waals surface area contributed by atoms with Gasteiger partial charge in [-0.1, -0.05) is 73.7 Å². The van der Waals surface area contributed by atoms with E-state index in [-0.39, 0.29) is 37.0 Å². The lowest BCUT2D eigenvalue weighted by Crippen LogP contribution is -2.54. The number of hydrogen-bond donors (Lipinski definition) is 3. The Balaban J connectivity index is 1.65. The van der Waals surface area contributed by atoms with Gasteiger partial charge in [-0.15, -0.1) is 0 Å². The first-order valence-electron chi connectivity index (χ1n) is 13.4. The lowest BCUT2D eigenvalue weighted by molar-refractivity contribution is -0.161. The number of rotatable bonds is 4. The minimum Gasteiger partial charge on any atom is -0.508 e. The van der Waals surface area contributed by atoms with Crippen LogP contribution in [0.3, 0.4) is 0 Å². The van der Waals surface area contributed by atoms with Gasteiger partial charge in [0.15, 0.2) is 11.9 Å².